The predicted molar refractivity (Wildman–Crippen MR) is 129 cm³/mol. The van der Waals surface area contributed by atoms with Gasteiger partial charge in [0.1, 0.15) is 0 Å². The first kappa shape index (κ1) is 20.1. The van der Waals surface area contributed by atoms with E-state index in [-0.39, 0.29) is 6.79 Å². The maximum atomic E-state index is 13.1. The van der Waals surface area contributed by atoms with Crippen LogP contribution in [0.15, 0.2) is 94.1 Å². The summed E-state index contributed by atoms with van der Waals surface area (Å²) < 4.78 is 22.0. The number of benzene rings is 3. The van der Waals surface area contributed by atoms with Crippen LogP contribution in [0.25, 0.3) is 44.6 Å². The summed E-state index contributed by atoms with van der Waals surface area (Å²) in [5, 5.41) is 0.755. The van der Waals surface area contributed by atoms with Crippen molar-refractivity contribution in [2.45, 2.75) is 0 Å². The molecule has 0 bridgehead atoms. The molecule has 0 saturated carbocycles. The minimum atomic E-state index is -0.480. The minimum Gasteiger partial charge on any atom is -0.493 e. The molecule has 1 aliphatic rings. The van der Waals surface area contributed by atoms with Crippen LogP contribution in [0.4, 0.5) is 0 Å². The van der Waals surface area contributed by atoms with Crippen LogP contribution in [0.1, 0.15) is 0 Å². The van der Waals surface area contributed by atoms with Gasteiger partial charge in [0.15, 0.2) is 22.8 Å². The Morgan fingerprint density at radius 1 is 0.765 bits per heavy atom. The Bertz CT molecular complexity index is 1590. The standard InChI is InChI=1S/C28H19NO5/c1-31-25-9-5-8-19-12-21(28(30)34-27(19)25)23-14-20(13-22(29-23)17-6-3-2-4-7-17)18-10-11-24-26(15-18)33-16-32-24/h2-15H,16H2,1H3. The Labute approximate surface area is 195 Å². The highest BCUT2D eigenvalue weighted by molar-refractivity contribution is 5.86. The number of aromatic nitrogens is 1. The van der Waals surface area contributed by atoms with Crippen LogP contribution >= 0.6 is 0 Å². The number of methoxy groups -OCH3 is 1. The normalized spacial score (nSPS) is 12.1. The van der Waals surface area contributed by atoms with Gasteiger partial charge in [-0.1, -0.05) is 48.5 Å². The molecule has 0 fully saturated rings. The molecule has 0 atom stereocenters. The van der Waals surface area contributed by atoms with Gasteiger partial charge in [0.05, 0.1) is 24.1 Å². The second-order valence-electron chi connectivity index (χ2n) is 7.89. The summed E-state index contributed by atoms with van der Waals surface area (Å²) in [6.07, 6.45) is 0. The van der Waals surface area contributed by atoms with E-state index in [0.717, 1.165) is 27.8 Å². The second kappa shape index (κ2) is 8.08. The third-order valence-corrected chi connectivity index (χ3v) is 5.82. The summed E-state index contributed by atoms with van der Waals surface area (Å²) in [4.78, 5) is 17.9. The lowest BCUT2D eigenvalue weighted by atomic mass is 10.00. The van der Waals surface area contributed by atoms with Crippen molar-refractivity contribution in [3.8, 4) is 50.9 Å². The average Bonchev–Trinajstić information content (AvgIpc) is 3.36. The van der Waals surface area contributed by atoms with E-state index >= 15 is 0 Å². The second-order valence-corrected chi connectivity index (χ2v) is 7.89. The molecule has 0 saturated heterocycles. The number of hydrogen-bond donors (Lipinski definition) is 0. The minimum absolute atomic E-state index is 0.206. The van der Waals surface area contributed by atoms with Crippen molar-refractivity contribution in [3.05, 3.63) is 95.3 Å². The van der Waals surface area contributed by atoms with Crippen molar-refractivity contribution in [2.75, 3.05) is 13.9 Å². The van der Waals surface area contributed by atoms with Gasteiger partial charge in [0.25, 0.3) is 0 Å². The smallest absolute Gasteiger partial charge is 0.345 e. The maximum Gasteiger partial charge on any atom is 0.345 e. The molecule has 5 aromatic rings. The van der Waals surface area contributed by atoms with Crippen LogP contribution in [0.3, 0.4) is 0 Å². The summed E-state index contributed by atoms with van der Waals surface area (Å²) in [5.74, 6) is 1.91. The molecule has 6 nitrogen and oxygen atoms in total. The van der Waals surface area contributed by atoms with E-state index in [2.05, 4.69) is 0 Å². The molecule has 0 aliphatic carbocycles. The highest BCUT2D eigenvalue weighted by atomic mass is 16.7. The van der Waals surface area contributed by atoms with E-state index < -0.39 is 5.63 Å². The quantitative estimate of drug-likeness (QED) is 0.317. The molecule has 3 aromatic carbocycles. The summed E-state index contributed by atoms with van der Waals surface area (Å²) in [6, 6.07) is 26.8. The average molecular weight is 449 g/mol. The van der Waals surface area contributed by atoms with E-state index in [1.54, 1.807) is 19.2 Å². The Morgan fingerprint density at radius 2 is 1.59 bits per heavy atom. The van der Waals surface area contributed by atoms with E-state index in [0.29, 0.717) is 34.1 Å². The third kappa shape index (κ3) is 3.46. The van der Waals surface area contributed by atoms with Gasteiger partial charge in [-0.2, -0.15) is 0 Å². The lowest BCUT2D eigenvalue weighted by Gasteiger charge is -2.11. The molecular weight excluding hydrogens is 430 g/mol. The zero-order valence-electron chi connectivity index (χ0n) is 18.3. The van der Waals surface area contributed by atoms with Crippen molar-refractivity contribution in [1.29, 1.82) is 0 Å². The van der Waals surface area contributed by atoms with Crippen LogP contribution in [0.2, 0.25) is 0 Å². The number of nitrogens with zero attached hydrogens (tertiary/aromatic N) is 1. The molecule has 0 N–H and O–H groups in total. The van der Waals surface area contributed by atoms with E-state index in [9.17, 15) is 4.79 Å². The molecule has 1 aliphatic heterocycles. The van der Waals surface area contributed by atoms with Crippen molar-refractivity contribution in [2.24, 2.45) is 0 Å². The first-order chi connectivity index (χ1) is 16.7. The molecule has 0 amide bonds. The number of pyridine rings is 1. The number of rotatable bonds is 4. The van der Waals surface area contributed by atoms with E-state index in [1.165, 1.54) is 0 Å². The molecule has 0 unspecified atom stereocenters. The fraction of sp³-hybridized carbons (Fsp3) is 0.0714. The molecule has 34 heavy (non-hydrogen) atoms. The van der Waals surface area contributed by atoms with Gasteiger partial charge in [-0.15, -0.1) is 0 Å². The van der Waals surface area contributed by atoms with Crippen LogP contribution < -0.4 is 19.8 Å². The predicted octanol–water partition coefficient (Wildman–Crippen LogP) is 5.93. The fourth-order valence-corrected chi connectivity index (χ4v) is 4.13. The Kier molecular flexibility index (Phi) is 4.77. The zero-order chi connectivity index (χ0) is 23.1. The topological polar surface area (TPSA) is 70.8 Å². The van der Waals surface area contributed by atoms with E-state index in [1.807, 2.05) is 72.8 Å². The SMILES string of the molecule is COc1cccc2cc(-c3cc(-c4ccc5c(c4)OCO5)cc(-c4ccccc4)n3)c(=O)oc12. The first-order valence-electron chi connectivity index (χ1n) is 10.8. The van der Waals surface area contributed by atoms with Crippen LogP contribution in [-0.2, 0) is 0 Å². The molecule has 0 radical (unpaired) electrons. The molecule has 0 spiro atoms. The highest BCUT2D eigenvalue weighted by Crippen LogP contribution is 2.38. The van der Waals surface area contributed by atoms with Gasteiger partial charge in [0.2, 0.25) is 6.79 Å². The Morgan fingerprint density at radius 3 is 2.44 bits per heavy atom. The Balaban J connectivity index is 1.57. The molecule has 6 heteroatoms. The van der Waals surface area contributed by atoms with E-state index in [4.69, 9.17) is 23.6 Å². The Hall–Kier alpha value is -4.58. The molecular formula is C28H19NO5. The number of ether oxygens (including phenoxy) is 3. The van der Waals surface area contributed by atoms with Gasteiger partial charge in [0, 0.05) is 10.9 Å². The van der Waals surface area contributed by atoms with Crippen LogP contribution in [-0.4, -0.2) is 18.9 Å². The van der Waals surface area contributed by atoms with Gasteiger partial charge in [-0.3, -0.25) is 0 Å². The van der Waals surface area contributed by atoms with Gasteiger partial charge >= 0.3 is 5.63 Å². The number of fused-ring (bicyclic) bond motifs is 2. The molecule has 166 valence electrons. The van der Waals surface area contributed by atoms with Crippen molar-refractivity contribution >= 4 is 11.0 Å². The van der Waals surface area contributed by atoms with Crippen molar-refractivity contribution < 1.29 is 18.6 Å². The number of hydrogen-bond acceptors (Lipinski definition) is 6. The van der Waals surface area contributed by atoms with Gasteiger partial charge < -0.3 is 18.6 Å². The first-order valence-corrected chi connectivity index (χ1v) is 10.8. The van der Waals surface area contributed by atoms with Crippen molar-refractivity contribution in [3.63, 3.8) is 0 Å². The summed E-state index contributed by atoms with van der Waals surface area (Å²) in [6.45, 7) is 0.206. The van der Waals surface area contributed by atoms with Crippen LogP contribution in [0, 0.1) is 0 Å². The summed E-state index contributed by atoms with van der Waals surface area (Å²) in [5.41, 5.74) is 4.34. The largest absolute Gasteiger partial charge is 0.493 e. The van der Waals surface area contributed by atoms with Crippen molar-refractivity contribution in [1.82, 2.24) is 4.98 Å². The molecule has 3 heterocycles. The van der Waals surface area contributed by atoms with Gasteiger partial charge in [-0.25, -0.2) is 9.78 Å². The fourth-order valence-electron chi connectivity index (χ4n) is 4.13. The zero-order valence-corrected chi connectivity index (χ0v) is 18.3. The number of para-hydroxylation sites is 1. The highest BCUT2D eigenvalue weighted by Gasteiger charge is 2.17. The molecule has 6 rings (SSSR count). The van der Waals surface area contributed by atoms with Crippen LogP contribution in [0.5, 0.6) is 17.2 Å². The monoisotopic (exact) mass is 449 g/mol. The summed E-state index contributed by atoms with van der Waals surface area (Å²) in [7, 11) is 1.55. The third-order valence-electron chi connectivity index (χ3n) is 5.82. The lowest BCUT2D eigenvalue weighted by Crippen LogP contribution is -2.05. The molecule has 2 aromatic heterocycles. The lowest BCUT2D eigenvalue weighted by molar-refractivity contribution is 0.174. The summed E-state index contributed by atoms with van der Waals surface area (Å²) >= 11 is 0. The van der Waals surface area contributed by atoms with Gasteiger partial charge in [-0.05, 0) is 47.5 Å². The maximum absolute atomic E-state index is 13.1.